The standard InChI is InChI=1S/C24H23N3O5S/c25-33(30,31)20-11-7-17(8-12-20)13-14-26-24(29)19-9-5-18(6-10-19)15-27-21-3-1-2-4-22(21)32-16-23(27)28/h1-12H,13-16H2,(H,26,29)(H2,25,30,31). The number of primary sulfonamides is 1. The smallest absolute Gasteiger partial charge is 0.265 e. The Labute approximate surface area is 192 Å². The van der Waals surface area contributed by atoms with Gasteiger partial charge in [-0.3, -0.25) is 9.59 Å². The molecule has 0 saturated carbocycles. The summed E-state index contributed by atoms with van der Waals surface area (Å²) < 4.78 is 28.1. The van der Waals surface area contributed by atoms with Crippen LogP contribution in [0, 0.1) is 0 Å². The third-order valence-electron chi connectivity index (χ3n) is 5.32. The second kappa shape index (κ2) is 9.43. The van der Waals surface area contributed by atoms with E-state index in [2.05, 4.69) is 5.32 Å². The maximum Gasteiger partial charge on any atom is 0.265 e. The first-order valence-electron chi connectivity index (χ1n) is 10.3. The first-order valence-corrected chi connectivity index (χ1v) is 11.9. The molecule has 2 amide bonds. The van der Waals surface area contributed by atoms with Crippen LogP contribution in [0.25, 0.3) is 0 Å². The lowest BCUT2D eigenvalue weighted by Crippen LogP contribution is -2.38. The van der Waals surface area contributed by atoms with Crippen molar-refractivity contribution in [3.63, 3.8) is 0 Å². The predicted octanol–water partition coefficient (Wildman–Crippen LogP) is 2.23. The molecular formula is C24H23N3O5S. The highest BCUT2D eigenvalue weighted by molar-refractivity contribution is 7.89. The first-order chi connectivity index (χ1) is 15.8. The summed E-state index contributed by atoms with van der Waals surface area (Å²) in [6, 6.07) is 20.7. The summed E-state index contributed by atoms with van der Waals surface area (Å²) in [6.07, 6.45) is 0.549. The van der Waals surface area contributed by atoms with Crippen LogP contribution in [0.5, 0.6) is 5.75 Å². The first kappa shape index (κ1) is 22.5. The Hall–Kier alpha value is -3.69. The molecule has 4 rings (SSSR count). The van der Waals surface area contributed by atoms with Crippen molar-refractivity contribution < 1.29 is 22.7 Å². The monoisotopic (exact) mass is 465 g/mol. The minimum Gasteiger partial charge on any atom is -0.482 e. The molecule has 8 nitrogen and oxygen atoms in total. The molecule has 0 saturated heterocycles. The number of nitrogens with two attached hydrogens (primary N) is 1. The Balaban J connectivity index is 1.33. The van der Waals surface area contributed by atoms with Gasteiger partial charge in [0.2, 0.25) is 10.0 Å². The van der Waals surface area contributed by atoms with Gasteiger partial charge in [-0.2, -0.15) is 0 Å². The molecule has 9 heteroatoms. The molecule has 3 aromatic carbocycles. The SMILES string of the molecule is NS(=O)(=O)c1ccc(CCNC(=O)c2ccc(CN3C(=O)COc4ccccc43)cc2)cc1. The normalized spacial score (nSPS) is 13.2. The van der Waals surface area contributed by atoms with Crippen LogP contribution in [0.15, 0.2) is 77.7 Å². The number of anilines is 1. The van der Waals surface area contributed by atoms with Crippen LogP contribution in [0.3, 0.4) is 0 Å². The van der Waals surface area contributed by atoms with Gasteiger partial charge in [0.05, 0.1) is 17.1 Å². The van der Waals surface area contributed by atoms with Crippen molar-refractivity contribution in [2.75, 3.05) is 18.1 Å². The van der Waals surface area contributed by atoms with Gasteiger partial charge in [-0.05, 0) is 53.9 Å². The maximum atomic E-state index is 12.4. The average Bonchev–Trinajstić information content (AvgIpc) is 2.81. The Morgan fingerprint density at radius 3 is 2.33 bits per heavy atom. The summed E-state index contributed by atoms with van der Waals surface area (Å²) in [7, 11) is -3.72. The molecule has 1 aliphatic heterocycles. The van der Waals surface area contributed by atoms with Crippen LogP contribution in [0.4, 0.5) is 5.69 Å². The molecule has 1 heterocycles. The van der Waals surface area contributed by atoms with Crippen molar-refractivity contribution in [1.29, 1.82) is 0 Å². The topological polar surface area (TPSA) is 119 Å². The second-order valence-corrected chi connectivity index (χ2v) is 9.19. The molecule has 170 valence electrons. The Kier molecular flexibility index (Phi) is 6.43. The van der Waals surface area contributed by atoms with Crippen molar-refractivity contribution in [3.8, 4) is 5.75 Å². The molecule has 0 spiro atoms. The second-order valence-electron chi connectivity index (χ2n) is 7.63. The number of amides is 2. The van der Waals surface area contributed by atoms with Crippen LogP contribution in [-0.2, 0) is 27.8 Å². The van der Waals surface area contributed by atoms with Gasteiger partial charge in [-0.25, -0.2) is 13.6 Å². The van der Waals surface area contributed by atoms with Gasteiger partial charge in [0.15, 0.2) is 6.61 Å². The lowest BCUT2D eigenvalue weighted by molar-refractivity contribution is -0.121. The van der Waals surface area contributed by atoms with Crippen LogP contribution >= 0.6 is 0 Å². The predicted molar refractivity (Wildman–Crippen MR) is 123 cm³/mol. The van der Waals surface area contributed by atoms with Crippen LogP contribution in [0.1, 0.15) is 21.5 Å². The molecule has 0 fully saturated rings. The zero-order chi connectivity index (χ0) is 23.4. The van der Waals surface area contributed by atoms with Gasteiger partial charge >= 0.3 is 0 Å². The number of rotatable bonds is 7. The number of nitrogens with zero attached hydrogens (tertiary/aromatic N) is 1. The van der Waals surface area contributed by atoms with E-state index in [0.29, 0.717) is 30.8 Å². The fourth-order valence-electron chi connectivity index (χ4n) is 3.54. The Bertz CT molecular complexity index is 1270. The molecule has 0 atom stereocenters. The number of hydrogen-bond acceptors (Lipinski definition) is 5. The number of carbonyl (C=O) groups excluding carboxylic acids is 2. The number of benzene rings is 3. The molecule has 3 aromatic rings. The highest BCUT2D eigenvalue weighted by Gasteiger charge is 2.25. The van der Waals surface area contributed by atoms with E-state index in [-0.39, 0.29) is 23.3 Å². The van der Waals surface area contributed by atoms with Crippen molar-refractivity contribution >= 4 is 27.5 Å². The summed E-state index contributed by atoms with van der Waals surface area (Å²) in [5.41, 5.74) is 3.02. The van der Waals surface area contributed by atoms with E-state index in [1.54, 1.807) is 29.2 Å². The highest BCUT2D eigenvalue weighted by Crippen LogP contribution is 2.32. The van der Waals surface area contributed by atoms with Crippen LogP contribution in [-0.4, -0.2) is 33.4 Å². The molecule has 0 radical (unpaired) electrons. The Morgan fingerprint density at radius 2 is 1.64 bits per heavy atom. The molecule has 0 bridgehead atoms. The van der Waals surface area contributed by atoms with Crippen molar-refractivity contribution in [2.45, 2.75) is 17.9 Å². The number of hydrogen-bond donors (Lipinski definition) is 2. The lowest BCUT2D eigenvalue weighted by Gasteiger charge is -2.29. The number of ether oxygens (including phenoxy) is 1. The quantitative estimate of drug-likeness (QED) is 0.555. The Morgan fingerprint density at radius 1 is 0.970 bits per heavy atom. The van der Waals surface area contributed by atoms with Gasteiger partial charge < -0.3 is 15.0 Å². The maximum absolute atomic E-state index is 12.4. The van der Waals surface area contributed by atoms with Gasteiger partial charge in [0.25, 0.3) is 11.8 Å². The van der Waals surface area contributed by atoms with E-state index in [4.69, 9.17) is 9.88 Å². The van der Waals surface area contributed by atoms with E-state index in [1.807, 2.05) is 36.4 Å². The van der Waals surface area contributed by atoms with Crippen LogP contribution < -0.4 is 20.1 Å². The van der Waals surface area contributed by atoms with Gasteiger partial charge in [0.1, 0.15) is 5.75 Å². The third-order valence-corrected chi connectivity index (χ3v) is 6.25. The van der Waals surface area contributed by atoms with E-state index >= 15 is 0 Å². The van der Waals surface area contributed by atoms with Gasteiger partial charge in [0, 0.05) is 12.1 Å². The van der Waals surface area contributed by atoms with Crippen molar-refractivity contribution in [1.82, 2.24) is 5.32 Å². The van der Waals surface area contributed by atoms with Crippen molar-refractivity contribution in [3.05, 3.63) is 89.5 Å². The number of para-hydroxylation sites is 2. The van der Waals surface area contributed by atoms with E-state index in [0.717, 1.165) is 16.8 Å². The summed E-state index contributed by atoms with van der Waals surface area (Å²) >= 11 is 0. The minimum atomic E-state index is -3.72. The number of nitrogens with one attached hydrogen (secondary N) is 1. The summed E-state index contributed by atoms with van der Waals surface area (Å²) in [5, 5.41) is 7.94. The summed E-state index contributed by atoms with van der Waals surface area (Å²) in [4.78, 5) is 26.5. The number of fused-ring (bicyclic) bond motifs is 1. The molecule has 33 heavy (non-hydrogen) atoms. The van der Waals surface area contributed by atoms with Crippen molar-refractivity contribution in [2.24, 2.45) is 5.14 Å². The molecule has 0 unspecified atom stereocenters. The third kappa shape index (κ3) is 5.39. The largest absolute Gasteiger partial charge is 0.482 e. The van der Waals surface area contributed by atoms with E-state index < -0.39 is 10.0 Å². The fourth-order valence-corrected chi connectivity index (χ4v) is 4.06. The molecule has 1 aliphatic rings. The number of sulfonamides is 1. The van der Waals surface area contributed by atoms with Gasteiger partial charge in [-0.1, -0.05) is 36.4 Å². The van der Waals surface area contributed by atoms with E-state index in [9.17, 15) is 18.0 Å². The average molecular weight is 466 g/mol. The zero-order valence-corrected chi connectivity index (χ0v) is 18.5. The molecule has 3 N–H and O–H groups in total. The summed E-state index contributed by atoms with van der Waals surface area (Å²) in [6.45, 7) is 0.784. The number of carbonyl (C=O) groups is 2. The molecule has 0 aliphatic carbocycles. The van der Waals surface area contributed by atoms with E-state index in [1.165, 1.54) is 12.1 Å². The minimum absolute atomic E-state index is 0.00225. The zero-order valence-electron chi connectivity index (χ0n) is 17.7. The molecular weight excluding hydrogens is 442 g/mol. The summed E-state index contributed by atoms with van der Waals surface area (Å²) in [5.74, 6) is 0.343. The molecule has 0 aromatic heterocycles. The lowest BCUT2D eigenvalue weighted by atomic mass is 10.1. The van der Waals surface area contributed by atoms with Gasteiger partial charge in [-0.15, -0.1) is 0 Å². The van der Waals surface area contributed by atoms with Crippen LogP contribution in [0.2, 0.25) is 0 Å². The fraction of sp³-hybridized carbons (Fsp3) is 0.167. The highest BCUT2D eigenvalue weighted by atomic mass is 32.2.